The maximum Gasteiger partial charge on any atom is 0.324 e. The minimum atomic E-state index is -0.463. The summed E-state index contributed by atoms with van der Waals surface area (Å²) in [7, 11) is 0. The number of hydrogen-bond acceptors (Lipinski definition) is 10. The van der Waals surface area contributed by atoms with Gasteiger partial charge in [-0.25, -0.2) is 14.8 Å². The third-order valence-corrected chi connectivity index (χ3v) is 6.98. The number of morpholine rings is 1. The Hall–Kier alpha value is -5.30. The number of nitrogens with zero attached hydrogens (tertiary/aromatic N) is 4. The molecule has 2 aromatic carbocycles. The van der Waals surface area contributed by atoms with Gasteiger partial charge in [0.05, 0.1) is 30.9 Å². The lowest BCUT2D eigenvalue weighted by Crippen LogP contribution is -2.41. The highest BCUT2D eigenvalue weighted by atomic mass is 16.5. The van der Waals surface area contributed by atoms with Crippen molar-refractivity contribution in [2.75, 3.05) is 48.0 Å². The lowest BCUT2D eigenvalue weighted by molar-refractivity contribution is -0.134. The minimum Gasteiger partial charge on any atom is -0.383 e. The summed E-state index contributed by atoms with van der Waals surface area (Å²) in [5, 5.41) is 21.4. The zero-order valence-electron chi connectivity index (χ0n) is 24.8. The van der Waals surface area contributed by atoms with Crippen molar-refractivity contribution < 1.29 is 18.8 Å². The van der Waals surface area contributed by atoms with E-state index in [4.69, 9.17) is 20.4 Å². The second-order valence-corrected chi connectivity index (χ2v) is 11.3. The molecule has 0 aliphatic carbocycles. The molecule has 0 bridgehead atoms. The summed E-state index contributed by atoms with van der Waals surface area (Å²) in [6.07, 6.45) is 1.60. The summed E-state index contributed by atoms with van der Waals surface area (Å²) in [5.41, 5.74) is 9.11. The summed E-state index contributed by atoms with van der Waals surface area (Å²) < 4.78 is 10.6. The summed E-state index contributed by atoms with van der Waals surface area (Å²) in [6.45, 7) is 8.28. The number of amides is 3. The average Bonchev–Trinajstić information content (AvgIpc) is 3.48. The van der Waals surface area contributed by atoms with Crippen LogP contribution in [0.4, 0.5) is 33.6 Å². The molecule has 0 atom stereocenters. The number of carbonyl (C=O) groups excluding carboxylic acids is 2. The monoisotopic (exact) mass is 597 g/mol. The van der Waals surface area contributed by atoms with Gasteiger partial charge in [-0.15, -0.1) is 0 Å². The van der Waals surface area contributed by atoms with Crippen LogP contribution in [-0.4, -0.2) is 64.0 Å². The molecule has 6 N–H and O–H groups in total. The number of urea groups is 1. The number of anilines is 5. The van der Waals surface area contributed by atoms with Crippen LogP contribution < -0.4 is 21.7 Å². The van der Waals surface area contributed by atoms with Gasteiger partial charge in [0, 0.05) is 41.5 Å². The fourth-order valence-electron chi connectivity index (χ4n) is 4.51. The van der Waals surface area contributed by atoms with Gasteiger partial charge in [0.15, 0.2) is 5.82 Å². The molecular weight excluding hydrogens is 562 g/mol. The number of carbonyl (C=O) groups is 2. The standard InChI is InChI=1S/C31H35N9O4/c1-31(2,3)23-17-24(39-44-23)38-30(42)37-22-10-8-21(9-11-22)36-29-26(28(33)34-18-35-29)27(32)20-6-4-19(5-7-20)16-25(41)40-12-14-43-15-13-40/h4-11,17-18,32H,12-16H2,1-3H3,(H3,33,34,35,36)(H2,37,38,39,42). The Morgan fingerprint density at radius 2 is 1.66 bits per heavy atom. The highest BCUT2D eigenvalue weighted by Crippen LogP contribution is 2.27. The first kappa shape index (κ1) is 30.2. The zero-order valence-corrected chi connectivity index (χ0v) is 24.8. The molecule has 228 valence electrons. The zero-order chi connectivity index (χ0) is 31.3. The Labute approximate surface area is 254 Å². The Morgan fingerprint density at radius 1 is 0.977 bits per heavy atom. The predicted molar refractivity (Wildman–Crippen MR) is 167 cm³/mol. The Kier molecular flexibility index (Phi) is 8.86. The van der Waals surface area contributed by atoms with Crippen LogP contribution in [0.15, 0.2) is 65.4 Å². The van der Waals surface area contributed by atoms with Gasteiger partial charge in [-0.1, -0.05) is 50.2 Å². The second-order valence-electron chi connectivity index (χ2n) is 11.3. The van der Waals surface area contributed by atoms with E-state index in [2.05, 4.69) is 31.1 Å². The highest BCUT2D eigenvalue weighted by Gasteiger charge is 2.21. The maximum atomic E-state index is 12.6. The van der Waals surface area contributed by atoms with E-state index in [0.29, 0.717) is 66.2 Å². The third kappa shape index (κ3) is 7.36. The predicted octanol–water partition coefficient (Wildman–Crippen LogP) is 4.55. The first-order chi connectivity index (χ1) is 21.1. The molecule has 44 heavy (non-hydrogen) atoms. The number of nitrogens with one attached hydrogen (secondary N) is 4. The van der Waals surface area contributed by atoms with Gasteiger partial charge in [0.25, 0.3) is 0 Å². The fourth-order valence-corrected chi connectivity index (χ4v) is 4.51. The van der Waals surface area contributed by atoms with E-state index in [9.17, 15) is 9.59 Å². The number of ether oxygens (including phenoxy) is 1. The molecule has 0 spiro atoms. The molecule has 13 nitrogen and oxygen atoms in total. The van der Waals surface area contributed by atoms with E-state index >= 15 is 0 Å². The molecule has 0 unspecified atom stereocenters. The van der Waals surface area contributed by atoms with Crippen molar-refractivity contribution in [1.82, 2.24) is 20.0 Å². The average molecular weight is 598 g/mol. The molecule has 3 heterocycles. The molecule has 0 radical (unpaired) electrons. The molecule has 1 aliphatic rings. The van der Waals surface area contributed by atoms with Gasteiger partial charge in [-0.2, -0.15) is 0 Å². The lowest BCUT2D eigenvalue weighted by atomic mass is 9.93. The number of nitrogens with two attached hydrogens (primary N) is 1. The molecular formula is C31H35N9O4. The van der Waals surface area contributed by atoms with Gasteiger partial charge in [-0.05, 0) is 29.8 Å². The van der Waals surface area contributed by atoms with Gasteiger partial charge in [-0.3, -0.25) is 15.5 Å². The van der Waals surface area contributed by atoms with Crippen molar-refractivity contribution >= 4 is 46.5 Å². The number of aromatic nitrogens is 3. The van der Waals surface area contributed by atoms with Crippen molar-refractivity contribution in [2.24, 2.45) is 0 Å². The second kappa shape index (κ2) is 12.9. The largest absolute Gasteiger partial charge is 0.383 e. The summed E-state index contributed by atoms with van der Waals surface area (Å²) in [5.74, 6) is 1.53. The molecule has 1 aliphatic heterocycles. The first-order valence-electron chi connectivity index (χ1n) is 14.1. The fraction of sp³-hybridized carbons (Fsp3) is 0.290. The molecule has 1 saturated heterocycles. The minimum absolute atomic E-state index is 0.0508. The number of nitrogen functional groups attached to an aromatic ring is 1. The quantitative estimate of drug-likeness (QED) is 0.182. The number of rotatable bonds is 8. The van der Waals surface area contributed by atoms with E-state index in [1.807, 2.05) is 32.9 Å². The van der Waals surface area contributed by atoms with Crippen LogP contribution in [0.5, 0.6) is 0 Å². The molecule has 2 aromatic heterocycles. The van der Waals surface area contributed by atoms with E-state index in [0.717, 1.165) is 5.56 Å². The van der Waals surface area contributed by atoms with Crippen LogP contribution in [0.3, 0.4) is 0 Å². The maximum absolute atomic E-state index is 12.6. The number of benzene rings is 2. The SMILES string of the molecule is CC(C)(C)c1cc(NC(=O)Nc2ccc(Nc3ncnc(N)c3C(=N)c3ccc(CC(=O)N4CCOCC4)cc3)cc2)no1. The van der Waals surface area contributed by atoms with Gasteiger partial charge in [0.2, 0.25) is 5.91 Å². The van der Waals surface area contributed by atoms with Crippen LogP contribution in [-0.2, 0) is 21.4 Å². The van der Waals surface area contributed by atoms with E-state index in [1.165, 1.54) is 6.33 Å². The van der Waals surface area contributed by atoms with Gasteiger partial charge in [0.1, 0.15) is 23.7 Å². The summed E-state index contributed by atoms with van der Waals surface area (Å²) in [4.78, 5) is 35.3. The van der Waals surface area contributed by atoms with E-state index in [1.54, 1.807) is 47.4 Å². The summed E-state index contributed by atoms with van der Waals surface area (Å²) in [6, 6.07) is 15.4. The van der Waals surface area contributed by atoms with Crippen LogP contribution >= 0.6 is 0 Å². The molecule has 13 heteroatoms. The molecule has 0 saturated carbocycles. The van der Waals surface area contributed by atoms with Crippen LogP contribution in [0.2, 0.25) is 0 Å². The smallest absolute Gasteiger partial charge is 0.324 e. The van der Waals surface area contributed by atoms with Crippen LogP contribution in [0, 0.1) is 5.41 Å². The molecule has 3 amide bonds. The first-order valence-corrected chi connectivity index (χ1v) is 14.1. The van der Waals surface area contributed by atoms with Gasteiger partial charge >= 0.3 is 6.03 Å². The van der Waals surface area contributed by atoms with Crippen molar-refractivity contribution in [3.63, 3.8) is 0 Å². The van der Waals surface area contributed by atoms with Crippen molar-refractivity contribution in [3.05, 3.63) is 83.4 Å². The Morgan fingerprint density at radius 3 is 2.32 bits per heavy atom. The normalized spacial score (nSPS) is 13.3. The van der Waals surface area contributed by atoms with E-state index < -0.39 is 6.03 Å². The molecule has 5 rings (SSSR count). The third-order valence-electron chi connectivity index (χ3n) is 6.98. The Bertz CT molecular complexity index is 1640. The van der Waals surface area contributed by atoms with Crippen molar-refractivity contribution in [3.8, 4) is 0 Å². The topological polar surface area (TPSA) is 184 Å². The summed E-state index contributed by atoms with van der Waals surface area (Å²) >= 11 is 0. The molecule has 1 fully saturated rings. The van der Waals surface area contributed by atoms with Crippen LogP contribution in [0.1, 0.15) is 43.2 Å². The lowest BCUT2D eigenvalue weighted by Gasteiger charge is -2.26. The van der Waals surface area contributed by atoms with Crippen molar-refractivity contribution in [1.29, 1.82) is 5.41 Å². The number of hydrogen-bond donors (Lipinski definition) is 5. The van der Waals surface area contributed by atoms with Crippen molar-refractivity contribution in [2.45, 2.75) is 32.6 Å². The van der Waals surface area contributed by atoms with Gasteiger partial charge < -0.3 is 30.5 Å². The van der Waals surface area contributed by atoms with Crippen LogP contribution in [0.25, 0.3) is 0 Å². The van der Waals surface area contributed by atoms with E-state index in [-0.39, 0.29) is 29.3 Å². The molecule has 4 aromatic rings. The highest BCUT2D eigenvalue weighted by molar-refractivity contribution is 6.16. The Balaban J connectivity index is 1.22.